The predicted octanol–water partition coefficient (Wildman–Crippen LogP) is 1.82. The number of aryl methyl sites for hydroxylation is 1. The maximum atomic E-state index is 12.5. The number of carbonyl (C=O) groups is 2. The number of aromatic nitrogens is 1. The zero-order valence-corrected chi connectivity index (χ0v) is 16.2. The van der Waals surface area contributed by atoms with Gasteiger partial charge in [-0.1, -0.05) is 24.3 Å². The lowest BCUT2D eigenvalue weighted by Gasteiger charge is -2.09. The van der Waals surface area contributed by atoms with Gasteiger partial charge in [-0.2, -0.15) is 0 Å². The summed E-state index contributed by atoms with van der Waals surface area (Å²) in [5.41, 5.74) is 4.20. The molecular weight excluding hydrogens is 366 g/mol. The van der Waals surface area contributed by atoms with Crippen molar-refractivity contribution < 1.29 is 18.0 Å². The van der Waals surface area contributed by atoms with Gasteiger partial charge < -0.3 is 10.3 Å². The van der Waals surface area contributed by atoms with E-state index in [1.807, 2.05) is 0 Å². The Morgan fingerprint density at radius 2 is 1.81 bits per heavy atom. The molecule has 7 nitrogen and oxygen atoms in total. The number of Topliss-reactive ketones (excluding diaryl/α,β-unsaturated/α-hetero) is 1. The predicted molar refractivity (Wildman–Crippen MR) is 102 cm³/mol. The number of ketones is 1. The molecule has 144 valence electrons. The van der Waals surface area contributed by atoms with E-state index >= 15 is 0 Å². The maximum absolute atomic E-state index is 12.5. The van der Waals surface area contributed by atoms with Crippen LogP contribution < -0.4 is 10.0 Å². The van der Waals surface area contributed by atoms with E-state index in [0.29, 0.717) is 35.3 Å². The summed E-state index contributed by atoms with van der Waals surface area (Å²) in [6.07, 6.45) is 2.12. The van der Waals surface area contributed by atoms with Crippen molar-refractivity contribution in [3.63, 3.8) is 0 Å². The van der Waals surface area contributed by atoms with E-state index in [2.05, 4.69) is 15.0 Å². The highest BCUT2D eigenvalue weighted by atomic mass is 32.2. The first kappa shape index (κ1) is 19.3. The molecule has 1 aliphatic carbocycles. The number of hydrogen-bond acceptors (Lipinski definition) is 4. The van der Waals surface area contributed by atoms with E-state index in [9.17, 15) is 18.0 Å². The zero-order valence-electron chi connectivity index (χ0n) is 15.4. The first-order valence-electron chi connectivity index (χ1n) is 8.82. The van der Waals surface area contributed by atoms with Gasteiger partial charge in [-0.05, 0) is 43.5 Å². The Balaban J connectivity index is 1.65. The van der Waals surface area contributed by atoms with Crippen molar-refractivity contribution in [2.45, 2.75) is 38.5 Å². The number of sulfonamides is 1. The number of hydrogen-bond donors (Lipinski definition) is 3. The highest BCUT2D eigenvalue weighted by molar-refractivity contribution is 7.88. The first-order valence-corrected chi connectivity index (χ1v) is 10.5. The number of nitrogens with one attached hydrogen (secondary N) is 3. The molecule has 1 heterocycles. The fourth-order valence-electron chi connectivity index (χ4n) is 3.32. The maximum Gasteiger partial charge on any atom is 0.268 e. The van der Waals surface area contributed by atoms with Crippen molar-refractivity contribution in [1.82, 2.24) is 15.0 Å². The van der Waals surface area contributed by atoms with Gasteiger partial charge in [-0.3, -0.25) is 9.59 Å². The second kappa shape index (κ2) is 7.66. The summed E-state index contributed by atoms with van der Waals surface area (Å²) in [6, 6.07) is 7.04. The molecule has 3 rings (SSSR count). The Morgan fingerprint density at radius 1 is 1.15 bits per heavy atom. The lowest BCUT2D eigenvalue weighted by Crippen LogP contribution is -2.24. The summed E-state index contributed by atoms with van der Waals surface area (Å²) in [4.78, 5) is 27.7. The minimum absolute atomic E-state index is 0.0859. The van der Waals surface area contributed by atoms with Gasteiger partial charge >= 0.3 is 0 Å². The minimum Gasteiger partial charge on any atom is -0.354 e. The van der Waals surface area contributed by atoms with Crippen molar-refractivity contribution in [2.75, 3.05) is 7.05 Å². The third kappa shape index (κ3) is 4.28. The SMILES string of the molecule is CNS(=O)(=O)Cc1ccc(CNC(=O)c2[nH]c3c(c2C)C(=O)CCC3)cc1. The average molecular weight is 389 g/mol. The smallest absolute Gasteiger partial charge is 0.268 e. The van der Waals surface area contributed by atoms with Crippen molar-refractivity contribution in [3.8, 4) is 0 Å². The molecule has 0 unspecified atom stereocenters. The Hall–Kier alpha value is -2.45. The second-order valence-corrected chi connectivity index (χ2v) is 8.64. The van der Waals surface area contributed by atoms with Crippen molar-refractivity contribution in [2.24, 2.45) is 0 Å². The number of carbonyl (C=O) groups excluding carboxylic acids is 2. The molecule has 3 N–H and O–H groups in total. The van der Waals surface area contributed by atoms with E-state index in [1.54, 1.807) is 31.2 Å². The number of rotatable bonds is 6. The molecule has 27 heavy (non-hydrogen) atoms. The third-order valence-corrected chi connectivity index (χ3v) is 6.14. The zero-order chi connectivity index (χ0) is 19.6. The number of amides is 1. The van der Waals surface area contributed by atoms with Crippen LogP contribution in [0.5, 0.6) is 0 Å². The molecule has 0 atom stereocenters. The Morgan fingerprint density at radius 3 is 2.44 bits per heavy atom. The van der Waals surface area contributed by atoms with Gasteiger partial charge in [0.2, 0.25) is 10.0 Å². The lowest BCUT2D eigenvalue weighted by atomic mass is 9.94. The molecule has 1 amide bonds. The van der Waals surface area contributed by atoms with Gasteiger partial charge in [0.25, 0.3) is 5.91 Å². The summed E-state index contributed by atoms with van der Waals surface area (Å²) in [5.74, 6) is -0.245. The number of benzene rings is 1. The van der Waals surface area contributed by atoms with Crippen LogP contribution in [0, 0.1) is 6.92 Å². The summed E-state index contributed by atoms with van der Waals surface area (Å²) >= 11 is 0. The van der Waals surface area contributed by atoms with Crippen LogP contribution in [0.15, 0.2) is 24.3 Å². The lowest BCUT2D eigenvalue weighted by molar-refractivity contribution is 0.0945. The summed E-state index contributed by atoms with van der Waals surface area (Å²) in [6.45, 7) is 2.11. The topological polar surface area (TPSA) is 108 Å². The number of H-pyrrole nitrogens is 1. The molecule has 0 bridgehead atoms. The number of aromatic amines is 1. The fraction of sp³-hybridized carbons (Fsp3) is 0.368. The first-order chi connectivity index (χ1) is 12.8. The van der Waals surface area contributed by atoms with Gasteiger partial charge in [-0.15, -0.1) is 0 Å². The molecule has 1 aromatic heterocycles. The molecule has 1 aromatic carbocycles. The molecule has 0 aliphatic heterocycles. The summed E-state index contributed by atoms with van der Waals surface area (Å²) in [5, 5.41) is 2.85. The van der Waals surface area contributed by atoms with Gasteiger partial charge in [0.15, 0.2) is 5.78 Å². The van der Waals surface area contributed by atoms with Crippen LogP contribution in [0.3, 0.4) is 0 Å². The van der Waals surface area contributed by atoms with Crippen LogP contribution in [0.25, 0.3) is 0 Å². The van der Waals surface area contributed by atoms with Crippen LogP contribution >= 0.6 is 0 Å². The molecule has 0 radical (unpaired) electrons. The Kier molecular flexibility index (Phi) is 5.48. The molecular formula is C19H23N3O4S. The quantitative estimate of drug-likeness (QED) is 0.700. The van der Waals surface area contributed by atoms with E-state index in [-0.39, 0.29) is 17.4 Å². The highest BCUT2D eigenvalue weighted by Gasteiger charge is 2.26. The van der Waals surface area contributed by atoms with Crippen LogP contribution in [0.1, 0.15) is 56.1 Å². The van der Waals surface area contributed by atoms with Crippen LogP contribution in [0.2, 0.25) is 0 Å². The molecule has 0 fully saturated rings. The Bertz CT molecular complexity index is 975. The molecule has 1 aliphatic rings. The largest absolute Gasteiger partial charge is 0.354 e. The van der Waals surface area contributed by atoms with E-state index in [0.717, 1.165) is 24.1 Å². The molecule has 8 heteroatoms. The van der Waals surface area contributed by atoms with E-state index in [4.69, 9.17) is 0 Å². The van der Waals surface area contributed by atoms with Crippen molar-refractivity contribution >= 4 is 21.7 Å². The van der Waals surface area contributed by atoms with E-state index < -0.39 is 10.0 Å². The second-order valence-electron chi connectivity index (χ2n) is 6.72. The monoisotopic (exact) mass is 389 g/mol. The fourth-order valence-corrected chi connectivity index (χ4v) is 4.09. The molecule has 0 saturated heterocycles. The minimum atomic E-state index is -3.31. The molecule has 2 aromatic rings. The van der Waals surface area contributed by atoms with Crippen LogP contribution in [-0.4, -0.2) is 32.1 Å². The van der Waals surface area contributed by atoms with Gasteiger partial charge in [0.05, 0.1) is 5.75 Å². The number of fused-ring (bicyclic) bond motifs is 1. The normalized spacial score (nSPS) is 14.1. The van der Waals surface area contributed by atoms with Crippen LogP contribution in [0.4, 0.5) is 0 Å². The van der Waals surface area contributed by atoms with E-state index in [1.165, 1.54) is 7.05 Å². The third-order valence-electron chi connectivity index (χ3n) is 4.81. The summed E-state index contributed by atoms with van der Waals surface area (Å²) in [7, 11) is -1.93. The standard InChI is InChI=1S/C19H23N3O4S/c1-12-17-15(4-3-5-16(17)23)22-18(12)19(24)21-10-13-6-8-14(9-7-13)11-27(25,26)20-2/h6-9,20,22H,3-5,10-11H2,1-2H3,(H,21,24). The Labute approximate surface area is 158 Å². The molecule has 0 saturated carbocycles. The average Bonchev–Trinajstić information content (AvgIpc) is 2.99. The van der Waals surface area contributed by atoms with Crippen molar-refractivity contribution in [3.05, 3.63) is 57.9 Å². The van der Waals surface area contributed by atoms with Gasteiger partial charge in [-0.25, -0.2) is 13.1 Å². The summed E-state index contributed by atoms with van der Waals surface area (Å²) < 4.78 is 25.4. The van der Waals surface area contributed by atoms with Gasteiger partial charge in [0, 0.05) is 24.2 Å². The highest BCUT2D eigenvalue weighted by Crippen LogP contribution is 2.26. The van der Waals surface area contributed by atoms with Gasteiger partial charge in [0.1, 0.15) is 5.69 Å². The molecule has 0 spiro atoms. The van der Waals surface area contributed by atoms with Crippen LogP contribution in [-0.2, 0) is 28.7 Å². The van der Waals surface area contributed by atoms with Crippen molar-refractivity contribution in [1.29, 1.82) is 0 Å².